The first kappa shape index (κ1) is 21.6. The first-order valence-corrected chi connectivity index (χ1v) is 11.7. The number of fused-ring (bicyclic) bond motifs is 1. The van der Waals surface area contributed by atoms with E-state index in [2.05, 4.69) is 20.0 Å². The van der Waals surface area contributed by atoms with Crippen LogP contribution in [0, 0.1) is 13.8 Å². The number of benzene rings is 3. The quantitative estimate of drug-likeness (QED) is 0.405. The van der Waals surface area contributed by atoms with Gasteiger partial charge >= 0.3 is 0 Å². The zero-order chi connectivity index (χ0) is 22.9. The molecular weight excluding hydrogens is 424 g/mol. The van der Waals surface area contributed by atoms with Crippen molar-refractivity contribution in [3.8, 4) is 0 Å². The van der Waals surface area contributed by atoms with Crippen LogP contribution in [0.1, 0.15) is 40.3 Å². The molecule has 0 aliphatic rings. The second-order valence-corrected chi connectivity index (χ2v) is 9.44. The average Bonchev–Trinajstić information content (AvgIpc) is 3.20. The van der Waals surface area contributed by atoms with Crippen molar-refractivity contribution in [2.24, 2.45) is 0 Å². The Hall–Kier alpha value is -3.65. The van der Waals surface area contributed by atoms with Gasteiger partial charge in [0.1, 0.15) is 5.82 Å². The lowest BCUT2D eigenvalue weighted by Crippen LogP contribution is -2.27. The third-order valence-corrected chi connectivity index (χ3v) is 6.72. The zero-order valence-electron chi connectivity index (χ0n) is 18.0. The molecule has 1 unspecified atom stereocenters. The number of nitrogens with zero attached hydrogens (tertiary/aromatic N) is 1. The standard InChI is InChI=1S/C24H24N4O3S/c1-15-8-9-16(2)22(14-15)32(30,31)28-19-12-10-18(11-13-19)24(29)25-17(3)23-26-20-6-4-5-7-21(20)27-23/h4-14,17,28H,1-3H3,(H,25,29)(H,26,27). The van der Waals surface area contributed by atoms with Gasteiger partial charge in [0.25, 0.3) is 15.9 Å². The molecule has 4 aromatic rings. The minimum Gasteiger partial charge on any atom is -0.342 e. The maximum atomic E-state index is 12.8. The Labute approximate surface area is 187 Å². The van der Waals surface area contributed by atoms with Crippen LogP contribution in [0.15, 0.2) is 71.6 Å². The maximum absolute atomic E-state index is 12.8. The number of imidazole rings is 1. The van der Waals surface area contributed by atoms with E-state index >= 15 is 0 Å². The van der Waals surface area contributed by atoms with Crippen LogP contribution < -0.4 is 10.0 Å². The van der Waals surface area contributed by atoms with Gasteiger partial charge in [-0.3, -0.25) is 9.52 Å². The van der Waals surface area contributed by atoms with Gasteiger partial charge < -0.3 is 10.3 Å². The van der Waals surface area contributed by atoms with Crippen molar-refractivity contribution in [1.29, 1.82) is 0 Å². The first-order chi connectivity index (χ1) is 15.2. The maximum Gasteiger partial charge on any atom is 0.262 e. The van der Waals surface area contributed by atoms with E-state index in [1.807, 2.05) is 44.2 Å². The lowest BCUT2D eigenvalue weighted by atomic mass is 10.2. The van der Waals surface area contributed by atoms with Gasteiger partial charge in [0.05, 0.1) is 22.0 Å². The largest absolute Gasteiger partial charge is 0.342 e. The number of nitrogens with one attached hydrogen (secondary N) is 3. The number of anilines is 1. The summed E-state index contributed by atoms with van der Waals surface area (Å²) in [6.45, 7) is 5.45. The highest BCUT2D eigenvalue weighted by Gasteiger charge is 2.18. The molecule has 3 aromatic carbocycles. The van der Waals surface area contributed by atoms with Crippen LogP contribution in [0.4, 0.5) is 5.69 Å². The lowest BCUT2D eigenvalue weighted by molar-refractivity contribution is 0.0938. The molecule has 0 fully saturated rings. The highest BCUT2D eigenvalue weighted by Crippen LogP contribution is 2.21. The molecule has 0 spiro atoms. The number of carbonyl (C=O) groups excluding carboxylic acids is 1. The minimum absolute atomic E-state index is 0.235. The Kier molecular flexibility index (Phi) is 5.71. The number of aromatic amines is 1. The second kappa shape index (κ2) is 8.47. The van der Waals surface area contributed by atoms with E-state index in [0.717, 1.165) is 16.6 Å². The van der Waals surface area contributed by atoms with E-state index < -0.39 is 10.0 Å². The van der Waals surface area contributed by atoms with E-state index in [4.69, 9.17) is 0 Å². The fourth-order valence-corrected chi connectivity index (χ4v) is 4.81. The zero-order valence-corrected chi connectivity index (χ0v) is 18.8. The van der Waals surface area contributed by atoms with E-state index in [0.29, 0.717) is 22.6 Å². The molecule has 0 aliphatic carbocycles. The minimum atomic E-state index is -3.73. The number of aryl methyl sites for hydroxylation is 2. The highest BCUT2D eigenvalue weighted by atomic mass is 32.2. The molecule has 4 rings (SSSR count). The van der Waals surface area contributed by atoms with E-state index in [1.54, 1.807) is 43.3 Å². The van der Waals surface area contributed by atoms with Crippen molar-refractivity contribution < 1.29 is 13.2 Å². The van der Waals surface area contributed by atoms with Crippen molar-refractivity contribution in [2.45, 2.75) is 31.7 Å². The number of para-hydroxylation sites is 2. The highest BCUT2D eigenvalue weighted by molar-refractivity contribution is 7.92. The normalized spacial score (nSPS) is 12.5. The third-order valence-electron chi connectivity index (χ3n) is 5.20. The van der Waals surface area contributed by atoms with Gasteiger partial charge in [-0.15, -0.1) is 0 Å². The number of carbonyl (C=O) groups is 1. The Morgan fingerprint density at radius 1 is 1.00 bits per heavy atom. The van der Waals surface area contributed by atoms with Crippen LogP contribution >= 0.6 is 0 Å². The molecule has 164 valence electrons. The number of sulfonamides is 1. The van der Waals surface area contributed by atoms with Crippen LogP contribution in [0.3, 0.4) is 0 Å². The molecule has 8 heteroatoms. The Balaban J connectivity index is 1.45. The van der Waals surface area contributed by atoms with Crippen LogP contribution in [0.5, 0.6) is 0 Å². The summed E-state index contributed by atoms with van der Waals surface area (Å²) in [6, 6.07) is 18.9. The molecule has 0 saturated carbocycles. The van der Waals surface area contributed by atoms with Gasteiger partial charge in [0, 0.05) is 11.3 Å². The van der Waals surface area contributed by atoms with Crippen molar-refractivity contribution in [3.05, 3.63) is 89.2 Å². The van der Waals surface area contributed by atoms with Gasteiger partial charge in [-0.1, -0.05) is 24.3 Å². The molecule has 7 nitrogen and oxygen atoms in total. The SMILES string of the molecule is Cc1ccc(C)c(S(=O)(=O)Nc2ccc(C(=O)NC(C)c3nc4ccccc4[nH]3)cc2)c1. The average molecular weight is 449 g/mol. The van der Waals surface area contributed by atoms with Gasteiger partial charge in [0.15, 0.2) is 0 Å². The Morgan fingerprint density at radius 2 is 1.72 bits per heavy atom. The van der Waals surface area contributed by atoms with Crippen LogP contribution in [-0.4, -0.2) is 24.3 Å². The summed E-state index contributed by atoms with van der Waals surface area (Å²) in [5.41, 5.74) is 4.07. The number of rotatable bonds is 6. The molecule has 3 N–H and O–H groups in total. The predicted molar refractivity (Wildman–Crippen MR) is 125 cm³/mol. The molecule has 0 aliphatic heterocycles. The smallest absolute Gasteiger partial charge is 0.262 e. The number of amides is 1. The van der Waals surface area contributed by atoms with E-state index in [9.17, 15) is 13.2 Å². The molecule has 0 bridgehead atoms. The monoisotopic (exact) mass is 448 g/mol. The van der Waals surface area contributed by atoms with Crippen molar-refractivity contribution in [3.63, 3.8) is 0 Å². The molecule has 1 aromatic heterocycles. The Morgan fingerprint density at radius 3 is 2.44 bits per heavy atom. The third kappa shape index (κ3) is 4.50. The Bertz CT molecular complexity index is 1360. The molecule has 32 heavy (non-hydrogen) atoms. The first-order valence-electron chi connectivity index (χ1n) is 10.2. The summed E-state index contributed by atoms with van der Waals surface area (Å²) in [7, 11) is -3.73. The van der Waals surface area contributed by atoms with Gasteiger partial charge in [-0.2, -0.15) is 0 Å². The summed E-state index contributed by atoms with van der Waals surface area (Å²) >= 11 is 0. The number of hydrogen-bond donors (Lipinski definition) is 3. The number of hydrogen-bond acceptors (Lipinski definition) is 4. The van der Waals surface area contributed by atoms with Gasteiger partial charge in [-0.05, 0) is 74.4 Å². The molecule has 1 atom stereocenters. The number of aromatic nitrogens is 2. The summed E-state index contributed by atoms with van der Waals surface area (Å²) < 4.78 is 28.1. The van der Waals surface area contributed by atoms with Crippen molar-refractivity contribution in [1.82, 2.24) is 15.3 Å². The van der Waals surface area contributed by atoms with Crippen LogP contribution in [0.2, 0.25) is 0 Å². The fourth-order valence-electron chi connectivity index (χ4n) is 3.42. The molecule has 1 amide bonds. The topological polar surface area (TPSA) is 104 Å². The summed E-state index contributed by atoms with van der Waals surface area (Å²) in [6.07, 6.45) is 0. The van der Waals surface area contributed by atoms with E-state index in [1.165, 1.54) is 0 Å². The molecular formula is C24H24N4O3S. The molecule has 0 radical (unpaired) electrons. The van der Waals surface area contributed by atoms with Gasteiger partial charge in [0.2, 0.25) is 0 Å². The van der Waals surface area contributed by atoms with Crippen LogP contribution in [0.25, 0.3) is 11.0 Å². The molecule has 1 heterocycles. The van der Waals surface area contributed by atoms with E-state index in [-0.39, 0.29) is 16.8 Å². The predicted octanol–water partition coefficient (Wildman–Crippen LogP) is 4.47. The van der Waals surface area contributed by atoms with Crippen molar-refractivity contribution >= 4 is 32.7 Å². The fraction of sp³-hybridized carbons (Fsp3) is 0.167. The van der Waals surface area contributed by atoms with Crippen molar-refractivity contribution in [2.75, 3.05) is 4.72 Å². The summed E-state index contributed by atoms with van der Waals surface area (Å²) in [5, 5.41) is 2.91. The van der Waals surface area contributed by atoms with Gasteiger partial charge in [-0.25, -0.2) is 13.4 Å². The molecule has 0 saturated heterocycles. The summed E-state index contributed by atoms with van der Waals surface area (Å²) in [4.78, 5) is 20.6. The second-order valence-electron chi connectivity index (χ2n) is 7.79. The summed E-state index contributed by atoms with van der Waals surface area (Å²) in [5.74, 6) is 0.388. The number of H-pyrrole nitrogens is 1. The lowest BCUT2D eigenvalue weighted by Gasteiger charge is -2.13. The van der Waals surface area contributed by atoms with Crippen LogP contribution in [-0.2, 0) is 10.0 Å².